The Hall–Kier alpha value is -2.22. The fraction of sp³-hybridized carbons (Fsp3) is 0.545. The van der Waals surface area contributed by atoms with Crippen LogP contribution in [0.1, 0.15) is 31.7 Å². The average molecular weight is 399 g/mol. The van der Waals surface area contributed by atoms with Gasteiger partial charge >= 0.3 is 0 Å². The lowest BCUT2D eigenvalue weighted by Crippen LogP contribution is -2.69. The fourth-order valence-electron chi connectivity index (χ4n) is 4.64. The number of aliphatic hydroxyl groups excluding tert-OH is 1. The van der Waals surface area contributed by atoms with E-state index in [4.69, 9.17) is 4.74 Å². The van der Waals surface area contributed by atoms with Gasteiger partial charge in [-0.2, -0.15) is 5.10 Å². The highest BCUT2D eigenvalue weighted by Crippen LogP contribution is 2.40. The van der Waals surface area contributed by atoms with E-state index < -0.39 is 17.2 Å². The van der Waals surface area contributed by atoms with Gasteiger partial charge in [0, 0.05) is 38.6 Å². The molecule has 3 heterocycles. The van der Waals surface area contributed by atoms with Gasteiger partial charge in [-0.1, -0.05) is 30.3 Å². The molecule has 29 heavy (non-hydrogen) atoms. The van der Waals surface area contributed by atoms with Gasteiger partial charge in [-0.05, 0) is 37.8 Å². The third kappa shape index (κ3) is 4.37. The Bertz CT molecular complexity index is 803. The van der Waals surface area contributed by atoms with E-state index in [2.05, 4.69) is 39.6 Å². The van der Waals surface area contributed by atoms with E-state index in [1.807, 2.05) is 13.0 Å². The van der Waals surface area contributed by atoms with Crippen molar-refractivity contribution >= 4 is 5.91 Å². The summed E-state index contributed by atoms with van der Waals surface area (Å²) >= 11 is 0. The quantitative estimate of drug-likeness (QED) is 0.799. The first-order valence-electron chi connectivity index (χ1n) is 10.4. The van der Waals surface area contributed by atoms with E-state index in [-0.39, 0.29) is 12.5 Å². The summed E-state index contributed by atoms with van der Waals surface area (Å²) in [7, 11) is 0. The summed E-state index contributed by atoms with van der Waals surface area (Å²) in [6.45, 7) is 5.25. The zero-order chi connectivity index (χ0) is 20.3. The van der Waals surface area contributed by atoms with Gasteiger partial charge in [0.05, 0.1) is 11.1 Å². The summed E-state index contributed by atoms with van der Waals surface area (Å²) in [6.07, 6.45) is 4.76. The Balaban J connectivity index is 1.37. The number of piperidine rings is 1. The summed E-state index contributed by atoms with van der Waals surface area (Å²) in [4.78, 5) is 14.9. The molecule has 0 radical (unpaired) electrons. The number of nitrogens with one attached hydrogen (secondary N) is 1. The van der Waals surface area contributed by atoms with Gasteiger partial charge < -0.3 is 15.2 Å². The van der Waals surface area contributed by atoms with Crippen LogP contribution in [-0.2, 0) is 22.6 Å². The smallest absolute Gasteiger partial charge is 0.242 e. The van der Waals surface area contributed by atoms with Crippen molar-refractivity contribution < 1.29 is 14.6 Å². The topological polar surface area (TPSA) is 79.6 Å². The molecule has 1 amide bonds. The molecule has 2 aliphatic rings. The third-order valence-electron chi connectivity index (χ3n) is 6.35. The minimum Gasteiger partial charge on any atom is -0.388 e. The number of nitrogens with zero attached hydrogens (tertiary/aromatic N) is 3. The number of carbonyl (C=O) groups excluding carboxylic acids is 1. The van der Waals surface area contributed by atoms with Crippen LogP contribution in [0.4, 0.5) is 0 Å². The molecule has 0 saturated carbocycles. The van der Waals surface area contributed by atoms with Crippen LogP contribution < -0.4 is 5.32 Å². The molecule has 2 N–H and O–H groups in total. The number of amides is 1. The Morgan fingerprint density at radius 1 is 1.24 bits per heavy atom. The molecule has 2 fully saturated rings. The first kappa shape index (κ1) is 20.1. The number of aliphatic hydroxyl groups is 1. The number of benzene rings is 1. The number of rotatable bonds is 5. The van der Waals surface area contributed by atoms with Crippen LogP contribution in [0.5, 0.6) is 0 Å². The van der Waals surface area contributed by atoms with Gasteiger partial charge in [-0.15, -0.1) is 0 Å². The van der Waals surface area contributed by atoms with Crippen LogP contribution in [0.25, 0.3) is 0 Å². The Kier molecular flexibility index (Phi) is 5.72. The monoisotopic (exact) mass is 398 g/mol. The molecule has 1 spiro atoms. The number of likely N-dealkylation sites (tertiary alicyclic amines) is 1. The lowest BCUT2D eigenvalue weighted by Gasteiger charge is -2.53. The van der Waals surface area contributed by atoms with Crippen molar-refractivity contribution in [1.29, 1.82) is 0 Å². The van der Waals surface area contributed by atoms with Crippen molar-refractivity contribution in [2.45, 2.75) is 56.5 Å². The highest BCUT2D eigenvalue weighted by atomic mass is 16.5. The second kappa shape index (κ2) is 8.26. The zero-order valence-corrected chi connectivity index (χ0v) is 17.0. The Labute approximate surface area is 171 Å². The predicted molar refractivity (Wildman–Crippen MR) is 109 cm³/mol. The number of aromatic nitrogens is 2. The molecule has 7 nitrogen and oxygen atoms in total. The standard InChI is InChI=1S/C22H30N4O3/c1-21(24-19(27)17-26-12-5-11-23-26)10-15-29-22(20(21)28)8-13-25(14-9-22)16-18-6-3-2-4-7-18/h2-7,11-12,20,28H,8-10,13-17H2,1H3,(H,24,27)/t20-,21+/m1/s1. The average Bonchev–Trinajstić information content (AvgIpc) is 3.21. The zero-order valence-electron chi connectivity index (χ0n) is 17.0. The lowest BCUT2D eigenvalue weighted by molar-refractivity contribution is -0.208. The maximum Gasteiger partial charge on any atom is 0.242 e. The van der Waals surface area contributed by atoms with E-state index >= 15 is 0 Å². The van der Waals surface area contributed by atoms with Crippen LogP contribution in [-0.4, -0.2) is 62.6 Å². The maximum atomic E-state index is 12.5. The lowest BCUT2D eigenvalue weighted by atomic mass is 9.73. The van der Waals surface area contributed by atoms with E-state index in [0.717, 1.165) is 32.5 Å². The van der Waals surface area contributed by atoms with Crippen molar-refractivity contribution in [3.8, 4) is 0 Å². The van der Waals surface area contributed by atoms with Crippen LogP contribution in [0.3, 0.4) is 0 Å². The van der Waals surface area contributed by atoms with Crippen molar-refractivity contribution in [2.24, 2.45) is 0 Å². The van der Waals surface area contributed by atoms with Gasteiger partial charge in [0.15, 0.2) is 0 Å². The third-order valence-corrected chi connectivity index (χ3v) is 6.35. The first-order valence-corrected chi connectivity index (χ1v) is 10.4. The van der Waals surface area contributed by atoms with Crippen LogP contribution in [0, 0.1) is 0 Å². The van der Waals surface area contributed by atoms with Crippen LogP contribution in [0.15, 0.2) is 48.8 Å². The minimum atomic E-state index is -0.746. The van der Waals surface area contributed by atoms with Crippen molar-refractivity contribution in [3.05, 3.63) is 54.4 Å². The maximum absolute atomic E-state index is 12.5. The molecular formula is C22H30N4O3. The van der Waals surface area contributed by atoms with E-state index in [0.29, 0.717) is 13.0 Å². The second-order valence-electron chi connectivity index (χ2n) is 8.50. The van der Waals surface area contributed by atoms with Crippen molar-refractivity contribution in [2.75, 3.05) is 19.7 Å². The van der Waals surface area contributed by atoms with E-state index in [1.54, 1.807) is 23.1 Å². The summed E-state index contributed by atoms with van der Waals surface area (Å²) in [5.41, 5.74) is -0.00669. The van der Waals surface area contributed by atoms with E-state index in [1.165, 1.54) is 5.56 Å². The number of carbonyl (C=O) groups is 1. The summed E-state index contributed by atoms with van der Waals surface area (Å²) < 4.78 is 7.74. The molecule has 0 bridgehead atoms. The number of hydrogen-bond acceptors (Lipinski definition) is 5. The Morgan fingerprint density at radius 3 is 2.69 bits per heavy atom. The highest BCUT2D eigenvalue weighted by Gasteiger charge is 2.53. The molecule has 1 aromatic carbocycles. The summed E-state index contributed by atoms with van der Waals surface area (Å²) in [6, 6.07) is 12.2. The molecule has 2 aromatic rings. The van der Waals surface area contributed by atoms with E-state index in [9.17, 15) is 9.90 Å². The van der Waals surface area contributed by atoms with Crippen molar-refractivity contribution in [3.63, 3.8) is 0 Å². The van der Waals surface area contributed by atoms with Gasteiger partial charge in [-0.3, -0.25) is 14.4 Å². The van der Waals surface area contributed by atoms with Gasteiger partial charge in [0.1, 0.15) is 12.6 Å². The molecule has 2 aliphatic heterocycles. The molecule has 2 atom stereocenters. The molecule has 2 saturated heterocycles. The molecule has 1 aromatic heterocycles. The molecule has 4 rings (SSSR count). The highest BCUT2D eigenvalue weighted by molar-refractivity contribution is 5.76. The fourth-order valence-corrected chi connectivity index (χ4v) is 4.64. The SMILES string of the molecule is C[C@]1(NC(=O)Cn2cccn2)CCOC2(CCN(Cc3ccccc3)CC2)[C@@H]1O. The molecule has 0 unspecified atom stereocenters. The van der Waals surface area contributed by atoms with Crippen LogP contribution >= 0.6 is 0 Å². The Morgan fingerprint density at radius 2 is 2.00 bits per heavy atom. The van der Waals surface area contributed by atoms with Gasteiger partial charge in [-0.25, -0.2) is 0 Å². The largest absolute Gasteiger partial charge is 0.388 e. The van der Waals surface area contributed by atoms with Gasteiger partial charge in [0.2, 0.25) is 5.91 Å². The van der Waals surface area contributed by atoms with Crippen molar-refractivity contribution in [1.82, 2.24) is 20.0 Å². The normalized spacial score (nSPS) is 27.0. The molecular weight excluding hydrogens is 368 g/mol. The molecule has 7 heteroatoms. The predicted octanol–water partition coefficient (Wildman–Crippen LogP) is 1.57. The minimum absolute atomic E-state index is 0.145. The summed E-state index contributed by atoms with van der Waals surface area (Å²) in [5.74, 6) is -0.145. The first-order chi connectivity index (χ1) is 14.0. The number of ether oxygens (including phenoxy) is 1. The van der Waals surface area contributed by atoms with Crippen LogP contribution in [0.2, 0.25) is 0 Å². The second-order valence-corrected chi connectivity index (χ2v) is 8.50. The van der Waals surface area contributed by atoms with Gasteiger partial charge in [0.25, 0.3) is 0 Å². The summed E-state index contributed by atoms with van der Waals surface area (Å²) in [5, 5.41) is 18.4. The molecule has 156 valence electrons. The molecule has 0 aliphatic carbocycles. The number of hydrogen-bond donors (Lipinski definition) is 2.